The number of amides is 2. The number of nitrogens with one attached hydrogen (secondary N) is 4. The van der Waals surface area contributed by atoms with E-state index in [1.165, 1.54) is 0 Å². The van der Waals surface area contributed by atoms with Crippen LogP contribution in [-0.4, -0.2) is 114 Å². The molecule has 0 heterocycles. The molecule has 10 heteroatoms. The van der Waals surface area contributed by atoms with Crippen LogP contribution < -0.4 is 27.0 Å². The number of ether oxygens (including phenoxy) is 1. The van der Waals surface area contributed by atoms with Gasteiger partial charge in [0, 0.05) is 92.4 Å². The summed E-state index contributed by atoms with van der Waals surface area (Å²) in [6.07, 6.45) is 1.78. The van der Waals surface area contributed by atoms with Crippen LogP contribution in [0.5, 0.6) is 0 Å². The van der Waals surface area contributed by atoms with E-state index in [0.717, 1.165) is 52.2 Å². The molecule has 0 radical (unpaired) electrons. The quantitative estimate of drug-likeness (QED) is 0.110. The Kier molecular flexibility index (Phi) is 19.7. The van der Waals surface area contributed by atoms with Gasteiger partial charge in [-0.3, -0.25) is 14.9 Å². The minimum absolute atomic E-state index is 0.0134. The van der Waals surface area contributed by atoms with E-state index in [1.807, 2.05) is 6.92 Å². The van der Waals surface area contributed by atoms with Crippen LogP contribution >= 0.6 is 0 Å². The molecule has 1 atom stereocenters. The van der Waals surface area contributed by atoms with Gasteiger partial charge in [-0.2, -0.15) is 0 Å². The molecule has 0 fully saturated rings. The normalized spacial score (nSPS) is 12.4. The highest BCUT2D eigenvalue weighted by Gasteiger charge is 2.14. The Hall–Kier alpha value is -1.30. The van der Waals surface area contributed by atoms with Crippen molar-refractivity contribution in [2.75, 3.05) is 86.1 Å². The first-order valence-electron chi connectivity index (χ1n) is 11.6. The maximum atomic E-state index is 11.9. The third kappa shape index (κ3) is 17.0. The number of hydrogen-bond acceptors (Lipinski definition) is 8. The summed E-state index contributed by atoms with van der Waals surface area (Å²) < 4.78 is 5.51. The van der Waals surface area contributed by atoms with Crippen LogP contribution in [0.1, 0.15) is 33.1 Å². The lowest BCUT2D eigenvalue weighted by atomic mass is 10.2. The van der Waals surface area contributed by atoms with Crippen molar-refractivity contribution in [2.24, 2.45) is 5.73 Å². The molecule has 184 valence electrons. The summed E-state index contributed by atoms with van der Waals surface area (Å²) in [4.78, 5) is 28.2. The van der Waals surface area contributed by atoms with Gasteiger partial charge in [0.1, 0.15) is 6.23 Å². The molecule has 0 spiro atoms. The first kappa shape index (κ1) is 29.7. The fraction of sp³-hybridized carbons (Fsp3) is 0.905. The molecule has 0 saturated heterocycles. The van der Waals surface area contributed by atoms with E-state index in [1.54, 1.807) is 14.2 Å². The smallest absolute Gasteiger partial charge is 0.221 e. The molecule has 0 aromatic heterocycles. The molecule has 0 saturated carbocycles. The highest BCUT2D eigenvalue weighted by Crippen LogP contribution is 2.01. The minimum atomic E-state index is 0.0134. The summed E-state index contributed by atoms with van der Waals surface area (Å²) in [6, 6.07) is 0. The van der Waals surface area contributed by atoms with E-state index in [2.05, 4.69) is 38.0 Å². The van der Waals surface area contributed by atoms with Gasteiger partial charge < -0.3 is 36.2 Å². The summed E-state index contributed by atoms with van der Waals surface area (Å²) in [6.45, 7) is 12.5. The topological polar surface area (TPSA) is 124 Å². The standard InChI is InChI=1S/C21H47N7O3/c1-5-25-20(30)8-14-27(13-7-19(29)23-3)17-18-28(16-12-24-11-10-22)15-9-21(31-4)26-6-2/h21,24,26H,5-18,22H2,1-4H3,(H,23,29)(H,25,30). The lowest BCUT2D eigenvalue weighted by Gasteiger charge is -2.29. The zero-order valence-electron chi connectivity index (χ0n) is 20.2. The van der Waals surface area contributed by atoms with Crippen molar-refractivity contribution in [1.29, 1.82) is 0 Å². The summed E-state index contributed by atoms with van der Waals surface area (Å²) >= 11 is 0. The van der Waals surface area contributed by atoms with Crippen molar-refractivity contribution >= 4 is 11.8 Å². The van der Waals surface area contributed by atoms with E-state index < -0.39 is 0 Å². The van der Waals surface area contributed by atoms with Crippen LogP contribution in [0, 0.1) is 0 Å². The number of hydrogen-bond donors (Lipinski definition) is 5. The van der Waals surface area contributed by atoms with Crippen LogP contribution in [0.2, 0.25) is 0 Å². The van der Waals surface area contributed by atoms with Crippen molar-refractivity contribution < 1.29 is 14.3 Å². The number of nitrogens with zero attached hydrogens (tertiary/aromatic N) is 2. The third-order valence-electron chi connectivity index (χ3n) is 5.05. The average Bonchev–Trinajstić information content (AvgIpc) is 2.77. The molecule has 0 aliphatic heterocycles. The second-order valence-electron chi connectivity index (χ2n) is 7.42. The zero-order chi connectivity index (χ0) is 23.3. The van der Waals surface area contributed by atoms with Gasteiger partial charge in [0.25, 0.3) is 0 Å². The Morgan fingerprint density at radius 3 is 2.10 bits per heavy atom. The van der Waals surface area contributed by atoms with E-state index in [9.17, 15) is 9.59 Å². The van der Waals surface area contributed by atoms with Gasteiger partial charge in [-0.25, -0.2) is 0 Å². The molecular weight excluding hydrogens is 398 g/mol. The number of rotatable bonds is 21. The lowest BCUT2D eigenvalue weighted by molar-refractivity contribution is -0.121. The van der Waals surface area contributed by atoms with Gasteiger partial charge >= 0.3 is 0 Å². The van der Waals surface area contributed by atoms with Crippen molar-refractivity contribution in [2.45, 2.75) is 39.3 Å². The third-order valence-corrected chi connectivity index (χ3v) is 5.05. The second kappa shape index (κ2) is 20.6. The van der Waals surface area contributed by atoms with Crippen molar-refractivity contribution in [3.63, 3.8) is 0 Å². The van der Waals surface area contributed by atoms with E-state index in [-0.39, 0.29) is 18.0 Å². The Labute approximate surface area is 189 Å². The Bertz CT molecular complexity index is 455. The maximum absolute atomic E-state index is 11.9. The molecule has 0 aromatic rings. The van der Waals surface area contributed by atoms with Gasteiger partial charge in [-0.05, 0) is 19.9 Å². The highest BCUT2D eigenvalue weighted by atomic mass is 16.5. The van der Waals surface area contributed by atoms with Gasteiger partial charge in [0.15, 0.2) is 0 Å². The summed E-state index contributed by atoms with van der Waals surface area (Å²) in [5.74, 6) is 0.0586. The number of carbonyl (C=O) groups excluding carboxylic acids is 2. The van der Waals surface area contributed by atoms with Gasteiger partial charge in [-0.1, -0.05) is 6.92 Å². The molecule has 2 amide bonds. The summed E-state index contributed by atoms with van der Waals surface area (Å²) in [5, 5.41) is 12.2. The zero-order valence-corrected chi connectivity index (χ0v) is 20.2. The van der Waals surface area contributed by atoms with Gasteiger partial charge in [-0.15, -0.1) is 0 Å². The Morgan fingerprint density at radius 1 is 0.903 bits per heavy atom. The molecule has 6 N–H and O–H groups in total. The molecule has 0 aliphatic rings. The highest BCUT2D eigenvalue weighted by molar-refractivity contribution is 5.76. The van der Waals surface area contributed by atoms with E-state index in [4.69, 9.17) is 10.5 Å². The monoisotopic (exact) mass is 445 g/mol. The number of nitrogens with two attached hydrogens (primary N) is 1. The van der Waals surface area contributed by atoms with E-state index in [0.29, 0.717) is 39.0 Å². The number of carbonyl (C=O) groups is 2. The Morgan fingerprint density at radius 2 is 1.55 bits per heavy atom. The Balaban J connectivity index is 4.79. The maximum Gasteiger partial charge on any atom is 0.221 e. The fourth-order valence-corrected chi connectivity index (χ4v) is 3.18. The van der Waals surface area contributed by atoms with Crippen LogP contribution in [0.25, 0.3) is 0 Å². The molecule has 31 heavy (non-hydrogen) atoms. The first-order chi connectivity index (χ1) is 15.0. The molecule has 0 rings (SSSR count). The van der Waals surface area contributed by atoms with Gasteiger partial charge in [0.2, 0.25) is 11.8 Å². The molecule has 1 unspecified atom stereocenters. The molecular formula is C21H47N7O3. The number of methoxy groups -OCH3 is 1. The predicted molar refractivity (Wildman–Crippen MR) is 126 cm³/mol. The summed E-state index contributed by atoms with van der Waals surface area (Å²) in [7, 11) is 3.37. The van der Waals surface area contributed by atoms with Crippen LogP contribution in [-0.2, 0) is 14.3 Å². The van der Waals surface area contributed by atoms with Crippen molar-refractivity contribution in [3.05, 3.63) is 0 Å². The molecule has 0 aliphatic carbocycles. The largest absolute Gasteiger partial charge is 0.367 e. The van der Waals surface area contributed by atoms with Crippen molar-refractivity contribution in [3.8, 4) is 0 Å². The molecule has 0 bridgehead atoms. The predicted octanol–water partition coefficient (Wildman–Crippen LogP) is -1.23. The van der Waals surface area contributed by atoms with E-state index >= 15 is 0 Å². The SMILES string of the molecule is CCNC(=O)CCN(CCC(=O)NC)CCN(CCNCCN)CCC(NCC)OC. The summed E-state index contributed by atoms with van der Waals surface area (Å²) in [5.41, 5.74) is 5.57. The second-order valence-corrected chi connectivity index (χ2v) is 7.42. The van der Waals surface area contributed by atoms with Crippen LogP contribution in [0.15, 0.2) is 0 Å². The molecule has 10 nitrogen and oxygen atoms in total. The van der Waals surface area contributed by atoms with Crippen LogP contribution in [0.4, 0.5) is 0 Å². The van der Waals surface area contributed by atoms with Crippen LogP contribution in [0.3, 0.4) is 0 Å². The van der Waals surface area contributed by atoms with Crippen molar-refractivity contribution in [1.82, 2.24) is 31.1 Å². The average molecular weight is 446 g/mol. The van der Waals surface area contributed by atoms with Gasteiger partial charge in [0.05, 0.1) is 0 Å². The minimum Gasteiger partial charge on any atom is -0.367 e. The first-order valence-corrected chi connectivity index (χ1v) is 11.6. The molecule has 0 aromatic carbocycles. The lowest BCUT2D eigenvalue weighted by Crippen LogP contribution is -2.43. The fourth-order valence-electron chi connectivity index (χ4n) is 3.18.